The van der Waals surface area contributed by atoms with Crippen LogP contribution in [0.25, 0.3) is 76.9 Å². The van der Waals surface area contributed by atoms with Crippen molar-refractivity contribution in [3.8, 4) is 28.8 Å². The van der Waals surface area contributed by atoms with Crippen molar-refractivity contribution >= 4 is 148 Å². The van der Waals surface area contributed by atoms with Gasteiger partial charge < -0.3 is 43.8 Å². The van der Waals surface area contributed by atoms with Crippen molar-refractivity contribution in [3.05, 3.63) is 350 Å². The minimum absolute atomic E-state index is 0.0387. The number of aromatic nitrogens is 14. The molecular formula is C89H71Cl4F4N23O5. The van der Waals surface area contributed by atoms with Crippen LogP contribution in [0.5, 0.6) is 0 Å². The molecule has 17 aromatic rings. The summed E-state index contributed by atoms with van der Waals surface area (Å²) >= 11 is 25.3. The molecule has 0 fully saturated rings. The van der Waals surface area contributed by atoms with Crippen LogP contribution in [0.4, 0.5) is 58.7 Å². The highest BCUT2D eigenvalue weighted by molar-refractivity contribution is 6.37. The van der Waals surface area contributed by atoms with Crippen molar-refractivity contribution in [1.29, 1.82) is 5.26 Å². The highest BCUT2D eigenvalue weighted by atomic mass is 35.5. The Bertz CT molecular complexity index is 7270. The molecule has 0 aliphatic carbocycles. The molecule has 628 valence electrons. The van der Waals surface area contributed by atoms with Crippen molar-refractivity contribution < 1.29 is 22.4 Å². The number of para-hydroxylation sites is 4. The Kier molecular flexibility index (Phi) is 25.5. The lowest BCUT2D eigenvalue weighted by atomic mass is 10.1. The minimum Gasteiger partial charge on any atom is -0.368 e. The molecule has 28 nitrogen and oxygen atoms in total. The fraction of sp³-hybridized carbons (Fsp3) is 0.112. The van der Waals surface area contributed by atoms with Gasteiger partial charge in [0.25, 0.3) is 28.1 Å². The van der Waals surface area contributed by atoms with E-state index in [0.29, 0.717) is 122 Å². The lowest BCUT2D eigenvalue weighted by Crippen LogP contribution is -2.26. The normalized spacial score (nSPS) is 12.2. The van der Waals surface area contributed by atoms with Crippen LogP contribution in [0, 0.1) is 17.1 Å². The van der Waals surface area contributed by atoms with Gasteiger partial charge in [0.1, 0.15) is 46.7 Å². The molecule has 9 heterocycles. The summed E-state index contributed by atoms with van der Waals surface area (Å²) in [5.74, 6) is -1.07. The number of nitrogens with two attached hydrogens (primary N) is 3. The van der Waals surface area contributed by atoms with Gasteiger partial charge in [-0.3, -0.25) is 47.3 Å². The summed E-state index contributed by atoms with van der Waals surface area (Å²) in [5.41, 5.74) is 20.5. The molecule has 0 spiro atoms. The Balaban J connectivity index is 0.000000136. The maximum Gasteiger partial charge on any atom is 0.421 e. The topological polar surface area (TPSA) is 399 Å². The monoisotopic (exact) mass is 1760 g/mol. The molecule has 0 aliphatic heterocycles. The maximum atomic E-state index is 14.1. The first-order valence-electron chi connectivity index (χ1n) is 38.2. The Morgan fingerprint density at radius 3 is 1.12 bits per heavy atom. The molecule has 0 saturated heterocycles. The molecule has 1 amide bonds. The van der Waals surface area contributed by atoms with E-state index in [2.05, 4.69) is 76.7 Å². The van der Waals surface area contributed by atoms with E-state index in [4.69, 9.17) is 63.6 Å². The molecule has 0 saturated carbocycles. The van der Waals surface area contributed by atoms with E-state index in [0.717, 1.165) is 17.0 Å². The van der Waals surface area contributed by atoms with Gasteiger partial charge in [0.2, 0.25) is 17.8 Å². The average Bonchev–Trinajstić information content (AvgIpc) is 1.63. The average molecular weight is 1760 g/mol. The zero-order valence-electron chi connectivity index (χ0n) is 66.5. The van der Waals surface area contributed by atoms with Gasteiger partial charge in [-0.1, -0.05) is 168 Å². The first-order chi connectivity index (χ1) is 60.1. The molecular weight excluding hydrogens is 1690 g/mol. The number of H-pyrrole nitrogens is 1. The summed E-state index contributed by atoms with van der Waals surface area (Å²) < 4.78 is 60.8. The fourth-order valence-corrected chi connectivity index (χ4v) is 15.2. The van der Waals surface area contributed by atoms with Gasteiger partial charge in [-0.15, -0.1) is 0 Å². The number of aromatic amines is 1. The largest absolute Gasteiger partial charge is 0.421 e. The molecule has 9 aromatic heterocycles. The van der Waals surface area contributed by atoms with Crippen LogP contribution in [0.2, 0.25) is 20.1 Å². The Labute approximate surface area is 727 Å². The number of nitrogen functional groups attached to an aromatic ring is 3. The first kappa shape index (κ1) is 86.2. The number of carbonyl (C=O) groups is 1. The number of pyridine rings is 4. The third-order valence-corrected chi connectivity index (χ3v) is 21.2. The summed E-state index contributed by atoms with van der Waals surface area (Å²) in [7, 11) is 1.54. The third-order valence-electron chi connectivity index (χ3n) is 20.0. The number of nitrogens with zero attached hydrogens (tertiary/aromatic N) is 14. The maximum absolute atomic E-state index is 14.1. The molecule has 36 heteroatoms. The number of rotatable bonds is 17. The zero-order chi connectivity index (χ0) is 88.7. The van der Waals surface area contributed by atoms with Gasteiger partial charge in [0.15, 0.2) is 17.3 Å². The summed E-state index contributed by atoms with van der Waals surface area (Å²) in [6.07, 6.45) is -0.326. The number of halogens is 8. The SMILES string of the molecule is CNC(=O)c1[nH]nc2ncnc(N[C@@H](C)c3cc4cccc(Cl)c4c(=O)n3-c3ccccc3)c12.C[C@H](Nc1nc(N)ncc1C#N)c1cc2cccc(Cl)c2c(=O)n1-c1ccccc1.C[C@H](Nc1nc(N)ncc1C(F)(F)F)c1cc2cccc(Cl)c2c(=O)n1-c1ccccc1.C[C@H](Nc1nc(N)ncc1F)c1cc2cccc(Cl)c2c(=O)n1-c1ccccc1. The number of hydrogen-bond donors (Lipinski definition) is 9. The van der Waals surface area contributed by atoms with Crippen LogP contribution in [0.1, 0.15) is 96.3 Å². The molecule has 125 heavy (non-hydrogen) atoms. The predicted octanol–water partition coefficient (Wildman–Crippen LogP) is 17.4. The molecule has 17 rings (SSSR count). The third kappa shape index (κ3) is 18.3. The highest BCUT2D eigenvalue weighted by Crippen LogP contribution is 2.38. The van der Waals surface area contributed by atoms with Crippen molar-refractivity contribution in [1.82, 2.24) is 73.7 Å². The Morgan fingerprint density at radius 1 is 0.432 bits per heavy atom. The van der Waals surface area contributed by atoms with E-state index in [1.807, 2.05) is 160 Å². The lowest BCUT2D eigenvalue weighted by Gasteiger charge is -2.23. The molecule has 8 aromatic carbocycles. The highest BCUT2D eigenvalue weighted by Gasteiger charge is 2.36. The van der Waals surface area contributed by atoms with E-state index < -0.39 is 35.5 Å². The second kappa shape index (κ2) is 37.0. The van der Waals surface area contributed by atoms with Crippen molar-refractivity contribution in [3.63, 3.8) is 0 Å². The summed E-state index contributed by atoms with van der Waals surface area (Å²) in [5, 5.41) is 37.3. The molecule has 0 radical (unpaired) electrons. The van der Waals surface area contributed by atoms with Crippen LogP contribution < -0.4 is 66.0 Å². The van der Waals surface area contributed by atoms with Gasteiger partial charge in [0.05, 0.1) is 83.6 Å². The van der Waals surface area contributed by atoms with E-state index in [9.17, 15) is 46.8 Å². The zero-order valence-corrected chi connectivity index (χ0v) is 69.5. The van der Waals surface area contributed by atoms with E-state index in [-0.39, 0.29) is 80.2 Å². The van der Waals surface area contributed by atoms with E-state index in [1.54, 1.807) is 106 Å². The smallest absolute Gasteiger partial charge is 0.368 e. The van der Waals surface area contributed by atoms with Crippen LogP contribution in [-0.2, 0) is 6.18 Å². The summed E-state index contributed by atoms with van der Waals surface area (Å²) in [6, 6.07) is 65.1. The standard InChI is InChI=1S/C24H20ClN7O2.C22H17ClF3N5O.C22H17ClN6O.C21H17ClFN5O/c1-13(29-21-19-20(23(33)26-2)30-31-22(19)28-12-27-21)17-11-14-7-6-10-16(25)18(14)24(34)32(17)15-8-4-3-5-9-15;1-12(29-19-15(22(24,25)26)11-28-21(27)30-19)17-10-13-6-5-9-16(23)18(13)20(32)31(17)14-7-3-2-4-8-14;1-13(27-20-15(11-24)12-26-22(25)28-20)18-10-14-6-5-9-17(23)19(14)21(30)29(18)16-7-3-2-4-8-16;1-12(26-19-16(23)11-25-21(24)27-19)17-10-13-6-5-9-15(22)18(13)20(29)28(17)14-7-3-2-4-8-14/h3-13H,1-2H3,(H,26,33)(H2,27,28,29,30,31);2-12H,1H3,(H3,27,28,29,30);2-10,12-13H,1H3,(H3,25,26,27,28);2-12H,1H3,(H3,24,25,26,27)/t13-;12-;13-;12-/m0000/s1. The van der Waals surface area contributed by atoms with Gasteiger partial charge in [-0.05, 0) is 146 Å². The van der Waals surface area contributed by atoms with Crippen LogP contribution >= 0.6 is 46.4 Å². The number of benzene rings is 8. The van der Waals surface area contributed by atoms with E-state index >= 15 is 0 Å². The fourth-order valence-electron chi connectivity index (χ4n) is 14.2. The van der Waals surface area contributed by atoms with Crippen LogP contribution in [-0.4, -0.2) is 81.3 Å². The van der Waals surface area contributed by atoms with Crippen molar-refractivity contribution in [2.24, 2.45) is 0 Å². The quantitative estimate of drug-likeness (QED) is 0.0382. The van der Waals surface area contributed by atoms with Gasteiger partial charge in [-0.2, -0.15) is 38.5 Å². The van der Waals surface area contributed by atoms with Gasteiger partial charge >= 0.3 is 6.18 Å². The lowest BCUT2D eigenvalue weighted by molar-refractivity contribution is -0.137. The number of amides is 1. The Morgan fingerprint density at radius 2 is 0.760 bits per heavy atom. The number of carbonyl (C=O) groups excluding carboxylic acids is 1. The second-order valence-corrected chi connectivity index (χ2v) is 29.7. The molecule has 0 unspecified atom stereocenters. The van der Waals surface area contributed by atoms with E-state index in [1.165, 1.54) is 24.1 Å². The van der Waals surface area contributed by atoms with Crippen molar-refractivity contribution in [2.45, 2.75) is 58.0 Å². The first-order valence-corrected chi connectivity index (χ1v) is 39.7. The minimum atomic E-state index is -4.69. The summed E-state index contributed by atoms with van der Waals surface area (Å²) in [6.45, 7) is 7.23. The molecule has 12 N–H and O–H groups in total. The molecule has 0 aliphatic rings. The van der Waals surface area contributed by atoms with Crippen LogP contribution in [0.15, 0.2) is 262 Å². The second-order valence-electron chi connectivity index (χ2n) is 28.1. The predicted molar refractivity (Wildman–Crippen MR) is 480 cm³/mol. The Hall–Kier alpha value is -15.2. The van der Waals surface area contributed by atoms with Crippen LogP contribution in [0.3, 0.4) is 0 Å². The molecule has 4 atom stereocenters. The number of hydrogen-bond acceptors (Lipinski definition) is 22. The number of nitrogens with one attached hydrogen (secondary N) is 6. The van der Waals surface area contributed by atoms with Gasteiger partial charge in [0, 0.05) is 58.8 Å². The van der Waals surface area contributed by atoms with Crippen molar-refractivity contribution in [2.75, 3.05) is 45.5 Å². The molecule has 0 bridgehead atoms. The number of fused-ring (bicyclic) bond motifs is 5. The number of alkyl halides is 3. The van der Waals surface area contributed by atoms with Gasteiger partial charge in [-0.25, -0.2) is 29.3 Å². The summed E-state index contributed by atoms with van der Waals surface area (Å²) in [4.78, 5) is 97.5. The number of nitriles is 1. The number of anilines is 7.